The molecule has 6 rings (SSSR count). The fourth-order valence-corrected chi connectivity index (χ4v) is 9.00. The fourth-order valence-electron chi connectivity index (χ4n) is 9.00. The van der Waals surface area contributed by atoms with E-state index in [0.717, 1.165) is 11.1 Å². The first-order valence-electron chi connectivity index (χ1n) is 28.7. The van der Waals surface area contributed by atoms with Gasteiger partial charge in [-0.05, 0) is 140 Å². The van der Waals surface area contributed by atoms with Crippen LogP contribution < -0.4 is 10.6 Å². The molecule has 0 aliphatic heterocycles. The van der Waals surface area contributed by atoms with Crippen LogP contribution in [0.4, 0.5) is 0 Å². The Morgan fingerprint density at radius 3 is 1.45 bits per heavy atom. The first-order chi connectivity index (χ1) is 40.4. The van der Waals surface area contributed by atoms with Gasteiger partial charge >= 0.3 is 23.9 Å². The Labute approximate surface area is 504 Å². The predicted octanol–water partition coefficient (Wildman–Crippen LogP) is 12.5. The van der Waals surface area contributed by atoms with Crippen molar-refractivity contribution < 1.29 is 66.8 Å². The number of rotatable bonds is 27. The minimum atomic E-state index is -1.13. The van der Waals surface area contributed by atoms with Gasteiger partial charge in [0.05, 0.1) is 52.1 Å². The molecule has 6 aromatic carbocycles. The molecule has 0 saturated heterocycles. The van der Waals surface area contributed by atoms with Crippen LogP contribution >= 0.6 is 0 Å². The van der Waals surface area contributed by atoms with Crippen LogP contribution in [-0.4, -0.2) is 90.5 Å². The minimum absolute atomic E-state index is 0.000271. The number of hydrogen-bond donors (Lipinski definition) is 2. The number of nitrogens with one attached hydrogen (secondary N) is 2. The Morgan fingerprint density at radius 1 is 0.430 bits per heavy atom. The molecule has 0 heterocycles. The maximum atomic E-state index is 14.1. The molecule has 454 valence electrons. The van der Waals surface area contributed by atoms with Crippen LogP contribution in [0.25, 0.3) is 0 Å². The highest BCUT2D eigenvalue weighted by molar-refractivity contribution is 6.03. The highest BCUT2D eigenvalue weighted by Crippen LogP contribution is 2.40. The zero-order valence-corrected chi connectivity index (χ0v) is 51.6. The minimum Gasteiger partial charge on any atom is -0.460 e. The standard InChI is InChI=1S/C70H80N2O14/c1-45(2)58(73)48-28-30-49(31-29-48)62(77)82-37-39-85-69(10,11)68(8,9)59(74)52-23-19-24-53(41-52)64(79)83-44-54-22-14-15-25-55(54)60(75)71-42-46-20-18-21-47(40-46)43-72-61(76)56-26-16-17-27-57(56)67(6,7)70(12,13)86-65(80)51-34-32-50(33-35-51)63(78)81-36-38-84-66(3,4)5/h14-35,40-41,45H,36-39,42-44H2,1-13H3,(H,71,75)(H,72,76). The second-order valence-corrected chi connectivity index (χ2v) is 24.3. The lowest BCUT2D eigenvalue weighted by atomic mass is 9.70. The molecule has 0 bridgehead atoms. The van der Waals surface area contributed by atoms with Crippen LogP contribution in [0, 0.1) is 11.3 Å². The molecule has 2 amide bonds. The molecule has 0 fully saturated rings. The Hall–Kier alpha value is -8.60. The fraction of sp³-hybridized carbons (Fsp3) is 0.371. The lowest BCUT2D eigenvalue weighted by Crippen LogP contribution is -2.47. The van der Waals surface area contributed by atoms with E-state index in [1.807, 2.05) is 71.0 Å². The lowest BCUT2D eigenvalue weighted by Gasteiger charge is -2.42. The van der Waals surface area contributed by atoms with Gasteiger partial charge in [0.2, 0.25) is 0 Å². The first-order valence-corrected chi connectivity index (χ1v) is 28.7. The number of carbonyl (C=O) groups is 8. The molecule has 0 aromatic heterocycles. The molecule has 2 N–H and O–H groups in total. The Morgan fingerprint density at radius 2 is 0.895 bits per heavy atom. The van der Waals surface area contributed by atoms with Gasteiger partial charge in [-0.15, -0.1) is 0 Å². The molecule has 86 heavy (non-hydrogen) atoms. The molecule has 0 saturated carbocycles. The van der Waals surface area contributed by atoms with Gasteiger partial charge in [-0.3, -0.25) is 19.2 Å². The van der Waals surface area contributed by atoms with Crippen molar-refractivity contribution in [3.63, 3.8) is 0 Å². The summed E-state index contributed by atoms with van der Waals surface area (Å²) in [7, 11) is 0. The van der Waals surface area contributed by atoms with Crippen LogP contribution in [0.1, 0.15) is 195 Å². The van der Waals surface area contributed by atoms with Gasteiger partial charge in [-0.2, -0.15) is 0 Å². The smallest absolute Gasteiger partial charge is 0.338 e. The summed E-state index contributed by atoms with van der Waals surface area (Å²) in [5.41, 5.74) is 0.532. The number of hydrogen-bond acceptors (Lipinski definition) is 14. The summed E-state index contributed by atoms with van der Waals surface area (Å²) in [6.45, 7) is 24.1. The number of ether oxygens (including phenoxy) is 6. The summed E-state index contributed by atoms with van der Waals surface area (Å²) in [5.74, 6) is -3.66. The van der Waals surface area contributed by atoms with Crippen LogP contribution in [0.3, 0.4) is 0 Å². The SMILES string of the molecule is CC(C)C(=O)c1ccc(C(=O)OCCOC(C)(C)C(C)(C)C(=O)c2cccc(C(=O)OCc3ccccc3C(=O)NCc3cccc(CNC(=O)c4ccccc4C(C)(C)C(C)(C)OC(=O)c4ccc(C(=O)OCCOC(C)(C)C)cc4)c3)c2)cc1. The Balaban J connectivity index is 0.990. The van der Waals surface area contributed by atoms with Crippen LogP contribution in [0.15, 0.2) is 146 Å². The average molecular weight is 1170 g/mol. The van der Waals surface area contributed by atoms with Gasteiger partial charge in [0.15, 0.2) is 11.6 Å². The number of benzene rings is 6. The van der Waals surface area contributed by atoms with E-state index in [1.165, 1.54) is 36.4 Å². The molecule has 0 spiro atoms. The van der Waals surface area contributed by atoms with Crippen molar-refractivity contribution in [3.05, 3.63) is 212 Å². The van der Waals surface area contributed by atoms with Gasteiger partial charge in [-0.25, -0.2) is 19.2 Å². The summed E-state index contributed by atoms with van der Waals surface area (Å²) in [6.07, 6.45) is 0. The van der Waals surface area contributed by atoms with Gasteiger partial charge in [0, 0.05) is 52.2 Å². The maximum Gasteiger partial charge on any atom is 0.338 e. The quantitative estimate of drug-likeness (QED) is 0.0212. The summed E-state index contributed by atoms with van der Waals surface area (Å²) >= 11 is 0. The molecule has 16 nitrogen and oxygen atoms in total. The molecule has 0 radical (unpaired) electrons. The third-order valence-electron chi connectivity index (χ3n) is 15.6. The second kappa shape index (κ2) is 28.5. The zero-order valence-electron chi connectivity index (χ0n) is 51.6. The summed E-state index contributed by atoms with van der Waals surface area (Å²) in [6, 6.07) is 39.8. The van der Waals surface area contributed by atoms with E-state index in [2.05, 4.69) is 10.6 Å². The highest BCUT2D eigenvalue weighted by Gasteiger charge is 2.45. The van der Waals surface area contributed by atoms with Gasteiger partial charge in [0.1, 0.15) is 25.4 Å². The van der Waals surface area contributed by atoms with Crippen LogP contribution in [-0.2, 0) is 53.5 Å². The summed E-state index contributed by atoms with van der Waals surface area (Å²) in [4.78, 5) is 106. The molecular formula is C70H80N2O14. The van der Waals surface area contributed by atoms with Crippen LogP contribution in [0.2, 0.25) is 0 Å². The third kappa shape index (κ3) is 17.3. The number of Topliss-reactive ketones (excluding diaryl/α,β-unsaturated/α-hetero) is 2. The van der Waals surface area contributed by atoms with Crippen molar-refractivity contribution in [2.24, 2.45) is 11.3 Å². The largest absolute Gasteiger partial charge is 0.460 e. The lowest BCUT2D eigenvalue weighted by molar-refractivity contribution is -0.0922. The van der Waals surface area contributed by atoms with E-state index in [4.69, 9.17) is 28.4 Å². The number of carbonyl (C=O) groups excluding carboxylic acids is 8. The van der Waals surface area contributed by atoms with E-state index in [1.54, 1.807) is 128 Å². The van der Waals surface area contributed by atoms with E-state index in [-0.39, 0.29) is 97.4 Å². The first kappa shape index (κ1) is 66.5. The van der Waals surface area contributed by atoms with Crippen LogP contribution in [0.5, 0.6) is 0 Å². The molecule has 0 atom stereocenters. The third-order valence-corrected chi connectivity index (χ3v) is 15.6. The molecule has 6 aromatic rings. The van der Waals surface area contributed by atoms with Gasteiger partial charge in [-0.1, -0.05) is 113 Å². The number of amides is 2. The molecule has 0 aliphatic rings. The summed E-state index contributed by atoms with van der Waals surface area (Å²) in [5, 5.41) is 5.97. The van der Waals surface area contributed by atoms with Crippen molar-refractivity contribution in [2.45, 2.75) is 132 Å². The summed E-state index contributed by atoms with van der Waals surface area (Å²) < 4.78 is 34.3. The van der Waals surface area contributed by atoms with Crippen molar-refractivity contribution >= 4 is 47.3 Å². The molecular weight excluding hydrogens is 1090 g/mol. The molecule has 0 unspecified atom stereocenters. The number of ketones is 2. The van der Waals surface area contributed by atoms with Gasteiger partial charge in [0.25, 0.3) is 11.8 Å². The van der Waals surface area contributed by atoms with Gasteiger partial charge < -0.3 is 39.1 Å². The van der Waals surface area contributed by atoms with Crippen molar-refractivity contribution in [1.29, 1.82) is 0 Å². The van der Waals surface area contributed by atoms with E-state index < -0.39 is 51.8 Å². The average Bonchev–Trinajstić information content (AvgIpc) is 1.00. The molecule has 0 aliphatic carbocycles. The van der Waals surface area contributed by atoms with Crippen molar-refractivity contribution in [2.75, 3.05) is 26.4 Å². The molecule has 16 heteroatoms. The van der Waals surface area contributed by atoms with Crippen molar-refractivity contribution in [1.82, 2.24) is 10.6 Å². The Kier molecular flexibility index (Phi) is 22.1. The predicted molar refractivity (Wildman–Crippen MR) is 326 cm³/mol. The topological polar surface area (TPSA) is 216 Å². The second-order valence-electron chi connectivity index (χ2n) is 24.3. The van der Waals surface area contributed by atoms with E-state index in [9.17, 15) is 38.4 Å². The number of esters is 4. The zero-order chi connectivity index (χ0) is 63.2. The highest BCUT2D eigenvalue weighted by atomic mass is 16.6. The van der Waals surface area contributed by atoms with E-state index in [0.29, 0.717) is 33.4 Å². The Bertz CT molecular complexity index is 3420. The normalized spacial score (nSPS) is 12.0. The maximum absolute atomic E-state index is 14.1. The monoisotopic (exact) mass is 1170 g/mol. The van der Waals surface area contributed by atoms with Crippen molar-refractivity contribution in [3.8, 4) is 0 Å². The van der Waals surface area contributed by atoms with E-state index >= 15 is 0 Å².